The van der Waals surface area contributed by atoms with Crippen LogP contribution in [0, 0.1) is 25.2 Å². The monoisotopic (exact) mass is 268 g/mol. The molecular weight excluding hydrogens is 252 g/mol. The standard InChI is InChI=1S/C15H16N4O/c1-10-15(17-12(3)20)11(2)19(18-10)9-14-6-4-5-13(7-14)8-16/h4-7H,9H2,1-3H3,(H,17,20). The number of nitriles is 1. The van der Waals surface area contributed by atoms with E-state index in [0.717, 1.165) is 22.6 Å². The summed E-state index contributed by atoms with van der Waals surface area (Å²) in [7, 11) is 0. The first kappa shape index (κ1) is 13.8. The molecule has 1 amide bonds. The number of hydrogen-bond acceptors (Lipinski definition) is 3. The number of carbonyl (C=O) groups is 1. The molecule has 0 saturated heterocycles. The van der Waals surface area contributed by atoms with Crippen LogP contribution in [0.25, 0.3) is 0 Å². The van der Waals surface area contributed by atoms with Crippen LogP contribution < -0.4 is 5.32 Å². The fourth-order valence-electron chi connectivity index (χ4n) is 2.12. The largest absolute Gasteiger partial charge is 0.323 e. The lowest BCUT2D eigenvalue weighted by Crippen LogP contribution is -2.08. The molecule has 2 rings (SSSR count). The predicted octanol–water partition coefficient (Wildman–Crippen LogP) is 2.38. The smallest absolute Gasteiger partial charge is 0.221 e. The maximum Gasteiger partial charge on any atom is 0.221 e. The molecule has 1 heterocycles. The minimum Gasteiger partial charge on any atom is -0.323 e. The summed E-state index contributed by atoms with van der Waals surface area (Å²) in [6.07, 6.45) is 0. The molecular formula is C15H16N4O. The molecule has 0 atom stereocenters. The average molecular weight is 268 g/mol. The summed E-state index contributed by atoms with van der Waals surface area (Å²) in [5.41, 5.74) is 4.08. The molecule has 0 aliphatic heterocycles. The summed E-state index contributed by atoms with van der Waals surface area (Å²) in [5, 5.41) is 16.1. The van der Waals surface area contributed by atoms with Crippen LogP contribution >= 0.6 is 0 Å². The Hall–Kier alpha value is -2.61. The van der Waals surface area contributed by atoms with Gasteiger partial charge in [0.1, 0.15) is 0 Å². The van der Waals surface area contributed by atoms with Crippen LogP contribution in [0.4, 0.5) is 5.69 Å². The van der Waals surface area contributed by atoms with E-state index < -0.39 is 0 Å². The van der Waals surface area contributed by atoms with Crippen LogP contribution in [0.5, 0.6) is 0 Å². The van der Waals surface area contributed by atoms with E-state index in [2.05, 4.69) is 16.5 Å². The number of benzene rings is 1. The van der Waals surface area contributed by atoms with Crippen molar-refractivity contribution in [3.05, 3.63) is 46.8 Å². The van der Waals surface area contributed by atoms with Gasteiger partial charge in [-0.2, -0.15) is 10.4 Å². The van der Waals surface area contributed by atoms with Gasteiger partial charge in [0.05, 0.1) is 35.3 Å². The Morgan fingerprint density at radius 3 is 2.85 bits per heavy atom. The number of anilines is 1. The molecule has 20 heavy (non-hydrogen) atoms. The second kappa shape index (κ2) is 5.57. The van der Waals surface area contributed by atoms with Gasteiger partial charge < -0.3 is 5.32 Å². The van der Waals surface area contributed by atoms with Crippen molar-refractivity contribution in [1.82, 2.24) is 9.78 Å². The van der Waals surface area contributed by atoms with Crippen molar-refractivity contribution in [2.24, 2.45) is 0 Å². The van der Waals surface area contributed by atoms with E-state index in [-0.39, 0.29) is 5.91 Å². The van der Waals surface area contributed by atoms with Crippen molar-refractivity contribution in [2.45, 2.75) is 27.3 Å². The number of aromatic nitrogens is 2. The topological polar surface area (TPSA) is 70.7 Å². The molecule has 1 N–H and O–H groups in total. The van der Waals surface area contributed by atoms with E-state index in [9.17, 15) is 4.79 Å². The summed E-state index contributed by atoms with van der Waals surface area (Å²) >= 11 is 0. The number of nitrogens with zero attached hydrogens (tertiary/aromatic N) is 3. The molecule has 5 heteroatoms. The minimum atomic E-state index is -0.109. The zero-order chi connectivity index (χ0) is 14.7. The fraction of sp³-hybridized carbons (Fsp3) is 0.267. The highest BCUT2D eigenvalue weighted by atomic mass is 16.1. The summed E-state index contributed by atoms with van der Waals surface area (Å²) in [6, 6.07) is 9.55. The van der Waals surface area contributed by atoms with Gasteiger partial charge >= 0.3 is 0 Å². The van der Waals surface area contributed by atoms with Crippen LogP contribution in [0.2, 0.25) is 0 Å². The van der Waals surface area contributed by atoms with Crippen LogP contribution in [0.15, 0.2) is 24.3 Å². The number of nitrogens with one attached hydrogen (secondary N) is 1. The van der Waals surface area contributed by atoms with Gasteiger partial charge in [-0.1, -0.05) is 12.1 Å². The third-order valence-corrected chi connectivity index (χ3v) is 3.07. The summed E-state index contributed by atoms with van der Waals surface area (Å²) in [5.74, 6) is -0.109. The van der Waals surface area contributed by atoms with Crippen LogP contribution in [0.1, 0.15) is 29.4 Å². The number of carbonyl (C=O) groups excluding carboxylic acids is 1. The van der Waals surface area contributed by atoms with Gasteiger partial charge in [0, 0.05) is 6.92 Å². The summed E-state index contributed by atoms with van der Waals surface area (Å²) in [4.78, 5) is 11.2. The first-order valence-corrected chi connectivity index (χ1v) is 6.32. The van der Waals surface area contributed by atoms with E-state index >= 15 is 0 Å². The van der Waals surface area contributed by atoms with Crippen LogP contribution in [0.3, 0.4) is 0 Å². The lowest BCUT2D eigenvalue weighted by molar-refractivity contribution is -0.114. The molecule has 0 unspecified atom stereocenters. The first-order valence-electron chi connectivity index (χ1n) is 6.32. The first-order chi connectivity index (χ1) is 9.51. The molecule has 0 bridgehead atoms. The lowest BCUT2D eigenvalue weighted by Gasteiger charge is -2.06. The van der Waals surface area contributed by atoms with Crippen LogP contribution in [-0.2, 0) is 11.3 Å². The van der Waals surface area contributed by atoms with E-state index in [0.29, 0.717) is 12.1 Å². The molecule has 1 aromatic heterocycles. The van der Waals surface area contributed by atoms with E-state index in [4.69, 9.17) is 5.26 Å². The fourth-order valence-corrected chi connectivity index (χ4v) is 2.12. The van der Waals surface area contributed by atoms with E-state index in [1.54, 1.807) is 6.07 Å². The highest BCUT2D eigenvalue weighted by molar-refractivity contribution is 5.89. The Bertz CT molecular complexity index is 694. The van der Waals surface area contributed by atoms with Crippen molar-refractivity contribution < 1.29 is 4.79 Å². The SMILES string of the molecule is CC(=O)Nc1c(C)nn(Cc2cccc(C#N)c2)c1C. The maximum atomic E-state index is 11.2. The second-order valence-corrected chi connectivity index (χ2v) is 4.70. The van der Waals surface area contributed by atoms with Gasteiger partial charge in [-0.15, -0.1) is 0 Å². The quantitative estimate of drug-likeness (QED) is 0.929. The van der Waals surface area contributed by atoms with Gasteiger partial charge in [-0.05, 0) is 31.5 Å². The molecule has 0 radical (unpaired) electrons. The lowest BCUT2D eigenvalue weighted by atomic mass is 10.1. The van der Waals surface area contributed by atoms with Gasteiger partial charge in [-0.3, -0.25) is 9.48 Å². The van der Waals surface area contributed by atoms with Gasteiger partial charge in [0.15, 0.2) is 0 Å². The molecule has 102 valence electrons. The van der Waals surface area contributed by atoms with E-state index in [1.807, 2.05) is 36.7 Å². The Labute approximate surface area is 117 Å². The Morgan fingerprint density at radius 1 is 1.45 bits per heavy atom. The number of amides is 1. The Kier molecular flexibility index (Phi) is 3.85. The molecule has 0 spiro atoms. The molecule has 0 saturated carbocycles. The molecule has 5 nitrogen and oxygen atoms in total. The van der Waals surface area contributed by atoms with Crippen molar-refractivity contribution >= 4 is 11.6 Å². The highest BCUT2D eigenvalue weighted by Gasteiger charge is 2.12. The molecule has 0 fully saturated rings. The van der Waals surface area contributed by atoms with Crippen molar-refractivity contribution in [2.75, 3.05) is 5.32 Å². The Balaban J connectivity index is 2.30. The average Bonchev–Trinajstić information content (AvgIpc) is 2.66. The maximum absolute atomic E-state index is 11.2. The van der Waals surface area contributed by atoms with Gasteiger partial charge in [-0.25, -0.2) is 0 Å². The number of hydrogen-bond donors (Lipinski definition) is 1. The number of aryl methyl sites for hydroxylation is 1. The summed E-state index contributed by atoms with van der Waals surface area (Å²) in [6.45, 7) is 5.83. The van der Waals surface area contributed by atoms with Gasteiger partial charge in [0.25, 0.3) is 0 Å². The normalized spacial score (nSPS) is 10.1. The van der Waals surface area contributed by atoms with Gasteiger partial charge in [0.2, 0.25) is 5.91 Å². The highest BCUT2D eigenvalue weighted by Crippen LogP contribution is 2.20. The predicted molar refractivity (Wildman–Crippen MR) is 76.3 cm³/mol. The minimum absolute atomic E-state index is 0.109. The summed E-state index contributed by atoms with van der Waals surface area (Å²) < 4.78 is 1.83. The molecule has 0 aliphatic rings. The number of rotatable bonds is 3. The Morgan fingerprint density at radius 2 is 2.20 bits per heavy atom. The zero-order valence-electron chi connectivity index (χ0n) is 11.8. The third kappa shape index (κ3) is 2.86. The zero-order valence-corrected chi connectivity index (χ0v) is 11.8. The van der Waals surface area contributed by atoms with E-state index in [1.165, 1.54) is 6.92 Å². The molecule has 0 aliphatic carbocycles. The molecule has 1 aromatic carbocycles. The molecule has 2 aromatic rings. The van der Waals surface area contributed by atoms with Crippen molar-refractivity contribution in [1.29, 1.82) is 5.26 Å². The van der Waals surface area contributed by atoms with Crippen molar-refractivity contribution in [3.8, 4) is 6.07 Å². The third-order valence-electron chi connectivity index (χ3n) is 3.07. The van der Waals surface area contributed by atoms with Crippen LogP contribution in [-0.4, -0.2) is 15.7 Å². The second-order valence-electron chi connectivity index (χ2n) is 4.70. The van der Waals surface area contributed by atoms with Crippen molar-refractivity contribution in [3.63, 3.8) is 0 Å².